The minimum absolute atomic E-state index is 0.205. The maximum absolute atomic E-state index is 13.3. The predicted octanol–water partition coefficient (Wildman–Crippen LogP) is 4.53. The summed E-state index contributed by atoms with van der Waals surface area (Å²) in [5.41, 5.74) is 0. The highest BCUT2D eigenvalue weighted by Crippen LogP contribution is 2.31. The smallest absolute Gasteiger partial charge is 0.407 e. The summed E-state index contributed by atoms with van der Waals surface area (Å²) in [6.07, 6.45) is 3.37. The number of unbranched alkanes of at least 4 members (excludes halogenated alkanes) is 3. The minimum atomic E-state index is -3.74. The topological polar surface area (TPSA) is 77.9 Å². The molecule has 2 rings (SSSR count). The van der Waals surface area contributed by atoms with E-state index in [2.05, 4.69) is 38.8 Å². The number of carbonyl (C=O) groups is 1. The van der Waals surface area contributed by atoms with Crippen LogP contribution in [0.5, 0.6) is 0 Å². The van der Waals surface area contributed by atoms with Crippen molar-refractivity contribution in [1.29, 1.82) is 0 Å². The summed E-state index contributed by atoms with van der Waals surface area (Å²) in [4.78, 5) is 12.7. The summed E-state index contributed by atoms with van der Waals surface area (Å²) >= 11 is 6.67. The molecule has 1 atom stereocenters. The average molecular weight is 512 g/mol. The van der Waals surface area contributed by atoms with Crippen LogP contribution >= 0.6 is 31.9 Å². The van der Waals surface area contributed by atoms with Crippen molar-refractivity contribution in [3.05, 3.63) is 27.1 Å². The van der Waals surface area contributed by atoms with Crippen LogP contribution in [0.25, 0.3) is 0 Å². The van der Waals surface area contributed by atoms with Crippen molar-refractivity contribution in [2.24, 2.45) is 0 Å². The lowest BCUT2D eigenvalue weighted by Crippen LogP contribution is -2.43. The van der Waals surface area contributed by atoms with E-state index in [-0.39, 0.29) is 17.5 Å². The molecule has 0 spiro atoms. The van der Waals surface area contributed by atoms with Gasteiger partial charge in [0.1, 0.15) is 0 Å². The van der Waals surface area contributed by atoms with Crippen LogP contribution in [0.2, 0.25) is 0 Å². The van der Waals surface area contributed by atoms with Crippen molar-refractivity contribution in [3.63, 3.8) is 0 Å². The van der Waals surface area contributed by atoms with Crippen molar-refractivity contribution < 1.29 is 18.3 Å². The van der Waals surface area contributed by atoms with E-state index in [1.807, 2.05) is 0 Å². The third kappa shape index (κ3) is 5.21. The fraction of sp³-hybridized carbons (Fsp3) is 0.588. The Morgan fingerprint density at radius 1 is 1.31 bits per heavy atom. The monoisotopic (exact) mass is 510 g/mol. The summed E-state index contributed by atoms with van der Waals surface area (Å²) in [7, 11) is -3.74. The number of likely N-dealkylation sites (tertiary alicyclic amines) is 1. The summed E-state index contributed by atoms with van der Waals surface area (Å²) < 4.78 is 29.4. The van der Waals surface area contributed by atoms with Crippen LogP contribution < -0.4 is 0 Å². The van der Waals surface area contributed by atoms with E-state index in [4.69, 9.17) is 0 Å². The fourth-order valence-electron chi connectivity index (χ4n) is 3.15. The van der Waals surface area contributed by atoms with Gasteiger partial charge in [-0.3, -0.25) is 0 Å². The van der Waals surface area contributed by atoms with Crippen LogP contribution in [0, 0.1) is 0 Å². The number of benzene rings is 1. The summed E-state index contributed by atoms with van der Waals surface area (Å²) in [5.74, 6) is 0. The van der Waals surface area contributed by atoms with Crippen molar-refractivity contribution in [2.45, 2.75) is 50.0 Å². The molecule has 146 valence electrons. The molecule has 1 heterocycles. The molecule has 1 N–H and O–H groups in total. The van der Waals surface area contributed by atoms with Gasteiger partial charge in [-0.05, 0) is 47.0 Å². The molecule has 0 unspecified atom stereocenters. The van der Waals surface area contributed by atoms with Crippen LogP contribution in [0.4, 0.5) is 4.79 Å². The van der Waals surface area contributed by atoms with E-state index >= 15 is 0 Å². The van der Waals surface area contributed by atoms with E-state index < -0.39 is 16.1 Å². The molecule has 1 aromatic carbocycles. The van der Waals surface area contributed by atoms with E-state index in [0.717, 1.165) is 25.7 Å². The Labute approximate surface area is 171 Å². The van der Waals surface area contributed by atoms with Gasteiger partial charge in [0.05, 0.1) is 4.90 Å². The van der Waals surface area contributed by atoms with Gasteiger partial charge in [-0.15, -0.1) is 0 Å². The maximum Gasteiger partial charge on any atom is 0.407 e. The molecule has 0 bridgehead atoms. The Hall–Kier alpha value is -0.640. The zero-order valence-corrected chi connectivity index (χ0v) is 18.7. The molecule has 6 nitrogen and oxygen atoms in total. The molecule has 1 saturated heterocycles. The first kappa shape index (κ1) is 21.7. The van der Waals surface area contributed by atoms with E-state index in [0.29, 0.717) is 28.5 Å². The second kappa shape index (κ2) is 9.52. The number of hydrogen-bond acceptors (Lipinski definition) is 3. The van der Waals surface area contributed by atoms with Gasteiger partial charge in [-0.25, -0.2) is 13.2 Å². The second-order valence-corrected chi connectivity index (χ2v) is 10.1. The third-order valence-corrected chi connectivity index (χ3v) is 7.99. The van der Waals surface area contributed by atoms with Crippen LogP contribution in [-0.4, -0.2) is 54.5 Å². The van der Waals surface area contributed by atoms with Crippen molar-refractivity contribution in [1.82, 2.24) is 9.21 Å². The first-order valence-electron chi connectivity index (χ1n) is 8.72. The number of sulfonamides is 1. The van der Waals surface area contributed by atoms with Gasteiger partial charge in [0.15, 0.2) is 0 Å². The van der Waals surface area contributed by atoms with Gasteiger partial charge in [-0.1, -0.05) is 42.1 Å². The molecule has 0 aliphatic carbocycles. The Morgan fingerprint density at radius 3 is 2.65 bits per heavy atom. The zero-order valence-electron chi connectivity index (χ0n) is 14.7. The standard InChI is InChI=1S/C17H24Br2N2O4S/c1-2-3-4-5-9-21(14-8-10-20(12-14)17(22)23)26(24,25)16-11-13(18)6-7-15(16)19/h6-7,11,14H,2-5,8-10,12H2,1H3,(H,22,23)/t14-/m1/s1. The highest BCUT2D eigenvalue weighted by Gasteiger charge is 2.37. The molecule has 1 aromatic rings. The lowest BCUT2D eigenvalue weighted by atomic mass is 10.2. The quantitative estimate of drug-likeness (QED) is 0.520. The summed E-state index contributed by atoms with van der Waals surface area (Å²) in [6.45, 7) is 3.09. The van der Waals surface area contributed by atoms with Crippen LogP contribution in [-0.2, 0) is 10.0 Å². The van der Waals surface area contributed by atoms with Crippen molar-refractivity contribution >= 4 is 48.0 Å². The van der Waals surface area contributed by atoms with E-state index in [1.54, 1.807) is 18.2 Å². The molecule has 0 aromatic heterocycles. The largest absolute Gasteiger partial charge is 0.465 e. The highest BCUT2D eigenvalue weighted by molar-refractivity contribution is 9.11. The third-order valence-electron chi connectivity index (χ3n) is 4.55. The molecule has 0 radical (unpaired) electrons. The van der Waals surface area contributed by atoms with Gasteiger partial charge in [0, 0.05) is 34.6 Å². The van der Waals surface area contributed by atoms with Crippen molar-refractivity contribution in [3.8, 4) is 0 Å². The van der Waals surface area contributed by atoms with Gasteiger partial charge >= 0.3 is 6.09 Å². The SMILES string of the molecule is CCCCCCN([C@@H]1CCN(C(=O)O)C1)S(=O)(=O)c1cc(Br)ccc1Br. The molecule has 0 saturated carbocycles. The molecule has 26 heavy (non-hydrogen) atoms. The summed E-state index contributed by atoms with van der Waals surface area (Å²) in [5, 5.41) is 9.20. The molecule has 9 heteroatoms. The normalized spacial score (nSPS) is 17.8. The molecule has 1 fully saturated rings. The Morgan fingerprint density at radius 2 is 2.04 bits per heavy atom. The van der Waals surface area contributed by atoms with E-state index in [1.165, 1.54) is 9.21 Å². The fourth-order valence-corrected chi connectivity index (χ4v) is 6.30. The second-order valence-electron chi connectivity index (χ2n) is 6.42. The first-order chi connectivity index (χ1) is 12.3. The molecule has 1 aliphatic heterocycles. The Bertz CT molecular complexity index is 742. The average Bonchev–Trinajstić information content (AvgIpc) is 3.06. The van der Waals surface area contributed by atoms with Crippen LogP contribution in [0.1, 0.15) is 39.0 Å². The summed E-state index contributed by atoms with van der Waals surface area (Å²) in [6, 6.07) is 4.73. The van der Waals surface area contributed by atoms with Crippen molar-refractivity contribution in [2.75, 3.05) is 19.6 Å². The number of halogens is 2. The first-order valence-corrected chi connectivity index (χ1v) is 11.7. The molecule has 1 amide bonds. The predicted molar refractivity (Wildman–Crippen MR) is 108 cm³/mol. The lowest BCUT2D eigenvalue weighted by molar-refractivity contribution is 0.152. The van der Waals surface area contributed by atoms with Crippen LogP contribution in [0.3, 0.4) is 0 Å². The molecular formula is C17H24Br2N2O4S. The van der Waals surface area contributed by atoms with Crippen LogP contribution in [0.15, 0.2) is 32.0 Å². The van der Waals surface area contributed by atoms with Gasteiger partial charge in [-0.2, -0.15) is 4.31 Å². The zero-order chi connectivity index (χ0) is 19.3. The number of nitrogens with zero attached hydrogens (tertiary/aromatic N) is 2. The van der Waals surface area contributed by atoms with Gasteiger partial charge < -0.3 is 10.0 Å². The maximum atomic E-state index is 13.3. The van der Waals surface area contributed by atoms with Gasteiger partial charge in [0.25, 0.3) is 0 Å². The highest BCUT2D eigenvalue weighted by atomic mass is 79.9. The Kier molecular flexibility index (Phi) is 7.93. The molecular weight excluding hydrogens is 488 g/mol. The Balaban J connectivity index is 2.29. The number of amides is 1. The number of hydrogen-bond donors (Lipinski definition) is 1. The lowest BCUT2D eigenvalue weighted by Gasteiger charge is -2.28. The van der Waals surface area contributed by atoms with Gasteiger partial charge in [0.2, 0.25) is 10.0 Å². The minimum Gasteiger partial charge on any atom is -0.465 e. The number of carboxylic acid groups (broad SMARTS) is 1. The molecule has 1 aliphatic rings. The van der Waals surface area contributed by atoms with E-state index in [9.17, 15) is 18.3 Å². The number of rotatable bonds is 8.